The number of benzene rings is 2. The van der Waals surface area contributed by atoms with Gasteiger partial charge >= 0.3 is 0 Å². The van der Waals surface area contributed by atoms with Crippen molar-refractivity contribution < 1.29 is 9.47 Å². The number of nitrogens with two attached hydrogens (primary N) is 1. The second kappa shape index (κ2) is 6.64. The summed E-state index contributed by atoms with van der Waals surface area (Å²) < 4.78 is 10.8. The maximum absolute atomic E-state index is 6.43. The van der Waals surface area contributed by atoms with Crippen LogP contribution in [0.15, 0.2) is 36.4 Å². The van der Waals surface area contributed by atoms with Gasteiger partial charge in [0.2, 0.25) is 0 Å². The van der Waals surface area contributed by atoms with Gasteiger partial charge in [0, 0.05) is 11.6 Å². The van der Waals surface area contributed by atoms with Crippen LogP contribution in [0.4, 0.5) is 0 Å². The van der Waals surface area contributed by atoms with Crippen molar-refractivity contribution in [2.24, 2.45) is 5.73 Å². The van der Waals surface area contributed by atoms with Gasteiger partial charge in [0.15, 0.2) is 11.5 Å². The first-order valence-corrected chi connectivity index (χ1v) is 7.10. The Morgan fingerprint density at radius 1 is 0.952 bits per heavy atom. The number of aryl methyl sites for hydroxylation is 2. The van der Waals surface area contributed by atoms with Crippen molar-refractivity contribution in [2.75, 3.05) is 14.2 Å². The fourth-order valence-electron chi connectivity index (χ4n) is 2.70. The molecule has 0 heterocycles. The third-order valence-electron chi connectivity index (χ3n) is 3.90. The predicted octanol–water partition coefficient (Wildman–Crippen LogP) is 3.56. The number of hydrogen-bond donors (Lipinski definition) is 1. The molecule has 21 heavy (non-hydrogen) atoms. The smallest absolute Gasteiger partial charge is 0.165 e. The van der Waals surface area contributed by atoms with Gasteiger partial charge in [-0.2, -0.15) is 0 Å². The maximum Gasteiger partial charge on any atom is 0.165 e. The van der Waals surface area contributed by atoms with Gasteiger partial charge in [-0.25, -0.2) is 0 Å². The van der Waals surface area contributed by atoms with Gasteiger partial charge in [0.1, 0.15) is 0 Å². The van der Waals surface area contributed by atoms with E-state index in [-0.39, 0.29) is 6.04 Å². The average Bonchev–Trinajstić information content (AvgIpc) is 2.49. The predicted molar refractivity (Wildman–Crippen MR) is 86.1 cm³/mol. The Morgan fingerprint density at radius 2 is 1.57 bits per heavy atom. The van der Waals surface area contributed by atoms with E-state index in [0.29, 0.717) is 5.75 Å². The van der Waals surface area contributed by atoms with Gasteiger partial charge in [0.25, 0.3) is 0 Å². The van der Waals surface area contributed by atoms with Gasteiger partial charge in [-0.3, -0.25) is 0 Å². The summed E-state index contributed by atoms with van der Waals surface area (Å²) in [6.45, 7) is 4.25. The first kappa shape index (κ1) is 15.4. The highest BCUT2D eigenvalue weighted by Crippen LogP contribution is 2.35. The molecule has 0 radical (unpaired) electrons. The summed E-state index contributed by atoms with van der Waals surface area (Å²) in [4.78, 5) is 0. The topological polar surface area (TPSA) is 44.5 Å². The number of ether oxygens (including phenoxy) is 2. The number of rotatable bonds is 5. The molecular formula is C18H23NO2. The molecule has 2 N–H and O–H groups in total. The van der Waals surface area contributed by atoms with Crippen LogP contribution in [-0.4, -0.2) is 14.2 Å². The van der Waals surface area contributed by atoms with Crippen molar-refractivity contribution in [3.63, 3.8) is 0 Å². The quantitative estimate of drug-likeness (QED) is 0.913. The van der Waals surface area contributed by atoms with Gasteiger partial charge in [-0.05, 0) is 43.0 Å². The Labute approximate surface area is 126 Å². The van der Waals surface area contributed by atoms with Gasteiger partial charge < -0.3 is 15.2 Å². The van der Waals surface area contributed by atoms with Crippen LogP contribution in [0.2, 0.25) is 0 Å². The van der Waals surface area contributed by atoms with Crippen LogP contribution < -0.4 is 15.2 Å². The largest absolute Gasteiger partial charge is 0.493 e. The third-order valence-corrected chi connectivity index (χ3v) is 3.90. The lowest BCUT2D eigenvalue weighted by Gasteiger charge is -2.19. The molecule has 0 aromatic heterocycles. The Balaban J connectivity index is 2.35. The fourth-order valence-corrected chi connectivity index (χ4v) is 2.70. The molecule has 0 aliphatic rings. The van der Waals surface area contributed by atoms with Gasteiger partial charge in [0.05, 0.1) is 14.2 Å². The Kier molecular flexibility index (Phi) is 4.86. The normalized spacial score (nSPS) is 12.0. The van der Waals surface area contributed by atoms with E-state index in [1.54, 1.807) is 14.2 Å². The monoisotopic (exact) mass is 285 g/mol. The Bertz CT molecular complexity index is 602. The molecule has 0 amide bonds. The number of methoxy groups -OCH3 is 2. The van der Waals surface area contributed by atoms with Crippen LogP contribution in [0.5, 0.6) is 11.5 Å². The van der Waals surface area contributed by atoms with Crippen LogP contribution in [0.25, 0.3) is 0 Å². The molecule has 0 saturated carbocycles. The van der Waals surface area contributed by atoms with E-state index >= 15 is 0 Å². The summed E-state index contributed by atoms with van der Waals surface area (Å²) in [6, 6.07) is 12.0. The summed E-state index contributed by atoms with van der Waals surface area (Å²) >= 11 is 0. The molecule has 1 atom stereocenters. The first-order valence-electron chi connectivity index (χ1n) is 7.10. The summed E-state index contributed by atoms with van der Waals surface area (Å²) in [7, 11) is 3.28. The molecule has 2 aromatic rings. The molecule has 2 aromatic carbocycles. The van der Waals surface area contributed by atoms with Crippen LogP contribution in [0.3, 0.4) is 0 Å². The van der Waals surface area contributed by atoms with Gasteiger partial charge in [-0.1, -0.05) is 30.3 Å². The minimum Gasteiger partial charge on any atom is -0.493 e. The minimum atomic E-state index is -0.130. The minimum absolute atomic E-state index is 0.130. The molecule has 1 unspecified atom stereocenters. The fraction of sp³-hybridized carbons (Fsp3) is 0.333. The molecule has 2 rings (SSSR count). The zero-order valence-corrected chi connectivity index (χ0v) is 13.1. The molecule has 0 aliphatic heterocycles. The molecule has 0 fully saturated rings. The van der Waals surface area contributed by atoms with Crippen molar-refractivity contribution in [1.82, 2.24) is 0 Å². The zero-order chi connectivity index (χ0) is 15.4. The SMILES string of the molecule is COc1cccc(C(N)Cc2c(C)cccc2C)c1OC. The van der Waals surface area contributed by atoms with Crippen molar-refractivity contribution in [2.45, 2.75) is 26.3 Å². The van der Waals surface area contributed by atoms with E-state index in [1.165, 1.54) is 16.7 Å². The summed E-state index contributed by atoms with van der Waals surface area (Å²) in [5.41, 5.74) is 11.2. The van der Waals surface area contributed by atoms with E-state index in [2.05, 4.69) is 32.0 Å². The van der Waals surface area contributed by atoms with E-state index in [4.69, 9.17) is 15.2 Å². The van der Waals surface area contributed by atoms with E-state index in [9.17, 15) is 0 Å². The Morgan fingerprint density at radius 3 is 2.14 bits per heavy atom. The molecule has 0 saturated heterocycles. The maximum atomic E-state index is 6.43. The zero-order valence-electron chi connectivity index (χ0n) is 13.1. The number of hydrogen-bond acceptors (Lipinski definition) is 3. The highest BCUT2D eigenvalue weighted by atomic mass is 16.5. The summed E-state index contributed by atoms with van der Waals surface area (Å²) in [6.07, 6.45) is 0.780. The molecule has 3 heteroatoms. The molecule has 3 nitrogen and oxygen atoms in total. The van der Waals surface area contributed by atoms with E-state index < -0.39 is 0 Å². The van der Waals surface area contributed by atoms with Crippen LogP contribution in [0, 0.1) is 13.8 Å². The first-order chi connectivity index (χ1) is 10.1. The molecule has 112 valence electrons. The van der Waals surface area contributed by atoms with Crippen molar-refractivity contribution in [3.05, 3.63) is 58.7 Å². The average molecular weight is 285 g/mol. The standard InChI is InChI=1S/C18H23NO2/c1-12-7-5-8-13(2)15(12)11-16(19)14-9-6-10-17(20-3)18(14)21-4/h5-10,16H,11,19H2,1-4H3. The van der Waals surface area contributed by atoms with Crippen molar-refractivity contribution >= 4 is 0 Å². The van der Waals surface area contributed by atoms with E-state index in [0.717, 1.165) is 17.7 Å². The van der Waals surface area contributed by atoms with Crippen LogP contribution >= 0.6 is 0 Å². The second-order valence-corrected chi connectivity index (χ2v) is 5.26. The molecule has 0 spiro atoms. The highest BCUT2D eigenvalue weighted by molar-refractivity contribution is 5.48. The van der Waals surface area contributed by atoms with Gasteiger partial charge in [-0.15, -0.1) is 0 Å². The van der Waals surface area contributed by atoms with Crippen molar-refractivity contribution in [1.29, 1.82) is 0 Å². The lowest BCUT2D eigenvalue weighted by atomic mass is 9.93. The third kappa shape index (κ3) is 3.19. The van der Waals surface area contributed by atoms with E-state index in [1.807, 2.05) is 18.2 Å². The molecule has 0 aliphatic carbocycles. The summed E-state index contributed by atoms with van der Waals surface area (Å²) in [5, 5.41) is 0. The lowest BCUT2D eigenvalue weighted by Crippen LogP contribution is -2.16. The molecule has 0 bridgehead atoms. The Hall–Kier alpha value is -2.00. The molecular weight excluding hydrogens is 262 g/mol. The van der Waals surface area contributed by atoms with Crippen LogP contribution in [0.1, 0.15) is 28.3 Å². The van der Waals surface area contributed by atoms with Crippen molar-refractivity contribution in [3.8, 4) is 11.5 Å². The number of para-hydroxylation sites is 1. The summed E-state index contributed by atoms with van der Waals surface area (Å²) in [5.74, 6) is 1.44. The highest BCUT2D eigenvalue weighted by Gasteiger charge is 2.17. The van der Waals surface area contributed by atoms with Crippen LogP contribution in [-0.2, 0) is 6.42 Å². The second-order valence-electron chi connectivity index (χ2n) is 5.26. The lowest BCUT2D eigenvalue weighted by molar-refractivity contribution is 0.349.